The number of hydrogen-bond donors (Lipinski definition) is 1. The second kappa shape index (κ2) is 6.24. The van der Waals surface area contributed by atoms with Gasteiger partial charge in [0.1, 0.15) is 17.4 Å². The van der Waals surface area contributed by atoms with Gasteiger partial charge in [0.2, 0.25) is 5.76 Å². The highest BCUT2D eigenvalue weighted by Gasteiger charge is 2.23. The second-order valence-corrected chi connectivity index (χ2v) is 5.71. The molecule has 4 rings (SSSR count). The summed E-state index contributed by atoms with van der Waals surface area (Å²) in [5.74, 6) is 0.438. The maximum absolute atomic E-state index is 12.5. The van der Waals surface area contributed by atoms with Crippen LogP contribution in [0.25, 0.3) is 11.0 Å². The van der Waals surface area contributed by atoms with Crippen molar-refractivity contribution < 1.29 is 13.7 Å². The van der Waals surface area contributed by atoms with Crippen LogP contribution in [-0.4, -0.2) is 16.0 Å². The SMILES string of the molecule is Cc1cc(C(=O)NC(c2ccncc2)c2cc3ccccc3o2)on1. The zero-order valence-corrected chi connectivity index (χ0v) is 13.5. The normalized spacial score (nSPS) is 12.2. The van der Waals surface area contributed by atoms with Crippen molar-refractivity contribution in [3.63, 3.8) is 0 Å². The number of furan rings is 1. The van der Waals surface area contributed by atoms with Crippen molar-refractivity contribution in [2.75, 3.05) is 0 Å². The molecule has 0 bridgehead atoms. The quantitative estimate of drug-likeness (QED) is 0.616. The van der Waals surface area contributed by atoms with Crippen LogP contribution in [0.2, 0.25) is 0 Å². The summed E-state index contributed by atoms with van der Waals surface area (Å²) in [5.41, 5.74) is 2.27. The fourth-order valence-electron chi connectivity index (χ4n) is 2.69. The lowest BCUT2D eigenvalue weighted by Crippen LogP contribution is -2.28. The van der Waals surface area contributed by atoms with E-state index in [0.717, 1.165) is 16.5 Å². The first-order valence-electron chi connectivity index (χ1n) is 7.83. The highest BCUT2D eigenvalue weighted by molar-refractivity contribution is 5.92. The molecule has 0 aliphatic rings. The van der Waals surface area contributed by atoms with E-state index in [-0.39, 0.29) is 11.7 Å². The summed E-state index contributed by atoms with van der Waals surface area (Å²) in [6.45, 7) is 1.76. The van der Waals surface area contributed by atoms with Crippen molar-refractivity contribution in [2.45, 2.75) is 13.0 Å². The fraction of sp³-hybridized carbons (Fsp3) is 0.105. The molecule has 6 nitrogen and oxygen atoms in total. The van der Waals surface area contributed by atoms with Gasteiger partial charge in [0.15, 0.2) is 0 Å². The summed E-state index contributed by atoms with van der Waals surface area (Å²) in [4.78, 5) is 16.6. The summed E-state index contributed by atoms with van der Waals surface area (Å²) < 4.78 is 11.0. The van der Waals surface area contributed by atoms with Gasteiger partial charge < -0.3 is 14.3 Å². The number of nitrogens with one attached hydrogen (secondary N) is 1. The summed E-state index contributed by atoms with van der Waals surface area (Å²) in [6.07, 6.45) is 3.35. The molecule has 0 radical (unpaired) electrons. The number of amides is 1. The van der Waals surface area contributed by atoms with Crippen molar-refractivity contribution in [3.05, 3.63) is 83.7 Å². The molecule has 3 aromatic heterocycles. The van der Waals surface area contributed by atoms with Crippen LogP contribution in [0, 0.1) is 6.92 Å². The van der Waals surface area contributed by atoms with E-state index in [0.29, 0.717) is 11.5 Å². The molecule has 1 atom stereocenters. The first-order valence-corrected chi connectivity index (χ1v) is 7.83. The molecule has 25 heavy (non-hydrogen) atoms. The number of fused-ring (bicyclic) bond motifs is 1. The second-order valence-electron chi connectivity index (χ2n) is 5.71. The first kappa shape index (κ1) is 15.1. The molecule has 0 aliphatic carbocycles. The van der Waals surface area contributed by atoms with Gasteiger partial charge >= 0.3 is 0 Å². The van der Waals surface area contributed by atoms with Gasteiger partial charge in [-0.1, -0.05) is 23.4 Å². The minimum Gasteiger partial charge on any atom is -0.459 e. The van der Waals surface area contributed by atoms with Crippen molar-refractivity contribution >= 4 is 16.9 Å². The maximum atomic E-state index is 12.5. The van der Waals surface area contributed by atoms with Gasteiger partial charge in [-0.05, 0) is 36.8 Å². The predicted octanol–water partition coefficient (Wildman–Crippen LogP) is 3.64. The molecule has 0 saturated carbocycles. The number of aryl methyl sites for hydroxylation is 1. The third kappa shape index (κ3) is 3.01. The highest BCUT2D eigenvalue weighted by Crippen LogP contribution is 2.28. The molecular weight excluding hydrogens is 318 g/mol. The number of carbonyl (C=O) groups is 1. The highest BCUT2D eigenvalue weighted by atomic mass is 16.5. The third-order valence-corrected chi connectivity index (χ3v) is 3.90. The summed E-state index contributed by atoms with van der Waals surface area (Å²) >= 11 is 0. The molecule has 0 spiro atoms. The van der Waals surface area contributed by atoms with Crippen LogP contribution in [0.5, 0.6) is 0 Å². The molecule has 1 amide bonds. The van der Waals surface area contributed by atoms with Gasteiger partial charge in [-0.2, -0.15) is 0 Å². The topological polar surface area (TPSA) is 81.2 Å². The molecule has 1 unspecified atom stereocenters. The first-order chi connectivity index (χ1) is 12.2. The Labute approximate surface area is 143 Å². The van der Waals surface area contributed by atoms with Crippen molar-refractivity contribution in [3.8, 4) is 0 Å². The molecular formula is C19H15N3O3. The zero-order valence-electron chi connectivity index (χ0n) is 13.5. The van der Waals surface area contributed by atoms with Gasteiger partial charge in [0.25, 0.3) is 5.91 Å². The molecule has 6 heteroatoms. The maximum Gasteiger partial charge on any atom is 0.290 e. The van der Waals surface area contributed by atoms with Crippen LogP contribution in [0.4, 0.5) is 0 Å². The van der Waals surface area contributed by atoms with E-state index in [4.69, 9.17) is 8.94 Å². The number of rotatable bonds is 4. The number of carbonyl (C=O) groups excluding carboxylic acids is 1. The summed E-state index contributed by atoms with van der Waals surface area (Å²) in [7, 11) is 0. The van der Waals surface area contributed by atoms with E-state index in [1.54, 1.807) is 25.4 Å². The minimum atomic E-state index is -0.465. The van der Waals surface area contributed by atoms with Gasteiger partial charge in [-0.25, -0.2) is 0 Å². The van der Waals surface area contributed by atoms with Crippen LogP contribution in [0.15, 0.2) is 69.9 Å². The monoisotopic (exact) mass is 333 g/mol. The Morgan fingerprint density at radius 2 is 1.92 bits per heavy atom. The standard InChI is InChI=1S/C19H15N3O3/c1-12-10-17(25-22-12)19(23)21-18(13-6-8-20-9-7-13)16-11-14-4-2-3-5-15(14)24-16/h2-11,18H,1H3,(H,21,23). The Bertz CT molecular complexity index is 988. The Morgan fingerprint density at radius 1 is 1.12 bits per heavy atom. The van der Waals surface area contributed by atoms with Gasteiger partial charge in [0, 0.05) is 23.8 Å². The van der Waals surface area contributed by atoms with E-state index < -0.39 is 6.04 Å². The average Bonchev–Trinajstić information content (AvgIpc) is 3.26. The number of nitrogens with zero attached hydrogens (tertiary/aromatic N) is 2. The van der Waals surface area contributed by atoms with E-state index in [1.165, 1.54) is 0 Å². The predicted molar refractivity (Wildman–Crippen MR) is 91.0 cm³/mol. The Hall–Kier alpha value is -3.41. The Kier molecular flexibility index (Phi) is 3.78. The smallest absolute Gasteiger partial charge is 0.290 e. The Morgan fingerprint density at radius 3 is 2.64 bits per heavy atom. The number of hydrogen-bond acceptors (Lipinski definition) is 5. The van der Waals surface area contributed by atoms with Gasteiger partial charge in [-0.15, -0.1) is 0 Å². The number of para-hydroxylation sites is 1. The third-order valence-electron chi connectivity index (χ3n) is 3.90. The molecule has 1 N–H and O–H groups in total. The van der Waals surface area contributed by atoms with E-state index in [9.17, 15) is 4.79 Å². The fourth-order valence-corrected chi connectivity index (χ4v) is 2.69. The van der Waals surface area contributed by atoms with E-state index >= 15 is 0 Å². The van der Waals surface area contributed by atoms with Crippen LogP contribution >= 0.6 is 0 Å². The molecule has 4 aromatic rings. The molecule has 3 heterocycles. The average molecular weight is 333 g/mol. The van der Waals surface area contributed by atoms with Crippen LogP contribution in [0.1, 0.15) is 33.6 Å². The van der Waals surface area contributed by atoms with Crippen LogP contribution in [0.3, 0.4) is 0 Å². The van der Waals surface area contributed by atoms with E-state index in [2.05, 4.69) is 15.5 Å². The lowest BCUT2D eigenvalue weighted by molar-refractivity contribution is 0.0902. The minimum absolute atomic E-state index is 0.160. The van der Waals surface area contributed by atoms with Crippen molar-refractivity contribution in [1.29, 1.82) is 0 Å². The Balaban J connectivity index is 1.72. The van der Waals surface area contributed by atoms with Gasteiger partial charge in [0.05, 0.1) is 5.69 Å². The molecule has 0 fully saturated rings. The molecule has 124 valence electrons. The van der Waals surface area contributed by atoms with Crippen LogP contribution < -0.4 is 5.32 Å². The molecule has 1 aromatic carbocycles. The summed E-state index contributed by atoms with van der Waals surface area (Å²) in [5, 5.41) is 7.68. The number of benzene rings is 1. The van der Waals surface area contributed by atoms with Crippen molar-refractivity contribution in [2.24, 2.45) is 0 Å². The lowest BCUT2D eigenvalue weighted by atomic mass is 10.1. The number of pyridine rings is 1. The zero-order chi connectivity index (χ0) is 17.2. The molecule has 0 saturated heterocycles. The largest absolute Gasteiger partial charge is 0.459 e. The summed E-state index contributed by atoms with van der Waals surface area (Å²) in [6, 6.07) is 14.4. The van der Waals surface area contributed by atoms with Crippen molar-refractivity contribution in [1.82, 2.24) is 15.5 Å². The number of aromatic nitrogens is 2. The molecule has 0 aliphatic heterocycles. The van der Waals surface area contributed by atoms with Crippen LogP contribution in [-0.2, 0) is 0 Å². The van der Waals surface area contributed by atoms with E-state index in [1.807, 2.05) is 42.5 Å². The lowest BCUT2D eigenvalue weighted by Gasteiger charge is -2.16. The van der Waals surface area contributed by atoms with Gasteiger partial charge in [-0.3, -0.25) is 9.78 Å².